The normalized spacial score (nSPS) is 18.5. The van der Waals surface area contributed by atoms with Crippen molar-refractivity contribution >= 4 is 58.9 Å². The molecule has 0 aliphatic carbocycles. The molecule has 3 heterocycles. The molecular weight excluding hydrogens is 595 g/mol. The first-order chi connectivity index (χ1) is 20.5. The molecule has 13 heteroatoms. The Bertz CT molecular complexity index is 1740. The fourth-order valence-electron chi connectivity index (χ4n) is 5.08. The SMILES string of the molecule is CN1C(=O)C(C(=O)Nc2cccc(-c3cccc(-c4ccc(CNC[C@@H]5CCC(=O)N5)c(=O)[nH]4)c3Cl)c2Cl)C=[N+](C)C1=O. The van der Waals surface area contributed by atoms with E-state index >= 15 is 0 Å². The van der Waals surface area contributed by atoms with E-state index in [1.807, 2.05) is 0 Å². The second-order valence-electron chi connectivity index (χ2n) is 10.4. The Kier molecular flexibility index (Phi) is 8.77. The molecule has 5 rings (SSSR count). The van der Waals surface area contributed by atoms with Gasteiger partial charge in [0, 0.05) is 53.5 Å². The third-order valence-electron chi connectivity index (χ3n) is 7.46. The number of amides is 5. The molecule has 2 aliphatic rings. The van der Waals surface area contributed by atoms with Crippen molar-refractivity contribution in [3.8, 4) is 22.4 Å². The van der Waals surface area contributed by atoms with Crippen LogP contribution in [0.4, 0.5) is 10.5 Å². The van der Waals surface area contributed by atoms with E-state index in [0.29, 0.717) is 52.5 Å². The molecule has 2 aliphatic heterocycles. The lowest BCUT2D eigenvalue weighted by molar-refractivity contribution is -0.400. The average Bonchev–Trinajstić information content (AvgIpc) is 3.40. The summed E-state index contributed by atoms with van der Waals surface area (Å²) in [7, 11) is 2.78. The maximum absolute atomic E-state index is 13.0. The van der Waals surface area contributed by atoms with E-state index in [-0.39, 0.29) is 28.2 Å². The summed E-state index contributed by atoms with van der Waals surface area (Å²) in [6.45, 7) is 0.918. The lowest BCUT2D eigenvalue weighted by Crippen LogP contribution is -2.51. The fourth-order valence-corrected chi connectivity index (χ4v) is 5.68. The van der Waals surface area contributed by atoms with Gasteiger partial charge in [-0.25, -0.2) is 9.37 Å². The molecule has 11 nitrogen and oxygen atoms in total. The van der Waals surface area contributed by atoms with Crippen LogP contribution in [0, 0.1) is 5.92 Å². The number of halogens is 2. The molecule has 1 saturated heterocycles. The van der Waals surface area contributed by atoms with Gasteiger partial charge in [0.15, 0.2) is 5.92 Å². The van der Waals surface area contributed by atoms with Gasteiger partial charge in [0.1, 0.15) is 0 Å². The van der Waals surface area contributed by atoms with E-state index in [4.69, 9.17) is 23.2 Å². The van der Waals surface area contributed by atoms with E-state index in [9.17, 15) is 24.0 Å². The Morgan fingerprint density at radius 2 is 1.70 bits per heavy atom. The average molecular weight is 625 g/mol. The van der Waals surface area contributed by atoms with Crippen molar-refractivity contribution in [1.29, 1.82) is 0 Å². The summed E-state index contributed by atoms with van der Waals surface area (Å²) in [6, 6.07) is 13.4. The van der Waals surface area contributed by atoms with Crippen LogP contribution in [0.1, 0.15) is 18.4 Å². The van der Waals surface area contributed by atoms with Crippen molar-refractivity contribution in [1.82, 2.24) is 20.5 Å². The molecule has 0 spiro atoms. The third-order valence-corrected chi connectivity index (χ3v) is 8.27. The molecule has 4 N–H and O–H groups in total. The number of rotatable bonds is 8. The van der Waals surface area contributed by atoms with E-state index in [2.05, 4.69) is 20.9 Å². The van der Waals surface area contributed by atoms with E-state index in [1.165, 1.54) is 24.9 Å². The molecule has 1 aromatic heterocycles. The van der Waals surface area contributed by atoms with Gasteiger partial charge in [0.25, 0.3) is 5.56 Å². The number of pyridine rings is 1. The molecule has 0 saturated carbocycles. The number of nitrogens with zero attached hydrogens (tertiary/aromatic N) is 2. The van der Waals surface area contributed by atoms with Crippen LogP contribution in [0.2, 0.25) is 10.0 Å². The predicted molar refractivity (Wildman–Crippen MR) is 163 cm³/mol. The molecule has 2 aromatic carbocycles. The van der Waals surface area contributed by atoms with Crippen molar-refractivity contribution in [3.63, 3.8) is 0 Å². The molecule has 3 aromatic rings. The third kappa shape index (κ3) is 6.24. The first-order valence-electron chi connectivity index (χ1n) is 13.6. The van der Waals surface area contributed by atoms with Gasteiger partial charge >= 0.3 is 11.9 Å². The second-order valence-corrected chi connectivity index (χ2v) is 11.2. The number of aromatic amines is 1. The second kappa shape index (κ2) is 12.5. The number of H-pyrrole nitrogens is 1. The molecule has 1 fully saturated rings. The van der Waals surface area contributed by atoms with Gasteiger partial charge in [-0.1, -0.05) is 59.6 Å². The van der Waals surface area contributed by atoms with Crippen LogP contribution in [0.3, 0.4) is 0 Å². The van der Waals surface area contributed by atoms with Crippen LogP contribution in [0.25, 0.3) is 22.4 Å². The number of urea groups is 1. The van der Waals surface area contributed by atoms with Crippen molar-refractivity contribution in [3.05, 3.63) is 74.5 Å². The zero-order chi connectivity index (χ0) is 30.8. The van der Waals surface area contributed by atoms with Crippen LogP contribution >= 0.6 is 23.2 Å². The number of benzene rings is 2. The summed E-state index contributed by atoms with van der Waals surface area (Å²) in [5, 5.41) is 9.33. The minimum Gasteiger partial charge on any atom is -0.352 e. The summed E-state index contributed by atoms with van der Waals surface area (Å²) in [6.07, 6.45) is 2.55. The van der Waals surface area contributed by atoms with E-state index < -0.39 is 23.8 Å². The Hall–Kier alpha value is -4.32. The van der Waals surface area contributed by atoms with E-state index in [0.717, 1.165) is 11.3 Å². The topological polar surface area (TPSA) is 143 Å². The largest absolute Gasteiger partial charge is 0.499 e. The quantitative estimate of drug-likeness (QED) is 0.224. The maximum Gasteiger partial charge on any atom is 0.499 e. The zero-order valence-electron chi connectivity index (χ0n) is 23.4. The standard InChI is InChI=1S/C30H28Cl2N6O5/c1-37-15-21(29(42)38(2)30(37)43)28(41)36-23-8-4-6-19(26(23)32)18-5-3-7-20(25(18)31)22-11-9-16(27(40)35-22)13-33-14-17-10-12-24(39)34-17/h3-9,11,15,17,21,33H,10,12-14H2,1-2H3,(H2-,34,35,36,39,40,41)/p+1/t17-,21?/m0/s1. The number of hydrogen-bond donors (Lipinski definition) is 4. The number of hydrogen-bond acceptors (Lipinski definition) is 6. The van der Waals surface area contributed by atoms with Crippen LogP contribution in [-0.4, -0.2) is 71.1 Å². The number of imide groups is 1. The molecule has 5 amide bonds. The van der Waals surface area contributed by atoms with Gasteiger partial charge in [0.2, 0.25) is 11.8 Å². The Morgan fingerprint density at radius 3 is 2.40 bits per heavy atom. The molecular formula is C30H29Cl2N6O5+. The van der Waals surface area contributed by atoms with Crippen LogP contribution in [-0.2, 0) is 20.9 Å². The number of anilines is 1. The first-order valence-corrected chi connectivity index (χ1v) is 14.3. The highest BCUT2D eigenvalue weighted by molar-refractivity contribution is 6.39. The van der Waals surface area contributed by atoms with Crippen LogP contribution in [0.5, 0.6) is 0 Å². The fraction of sp³-hybridized carbons (Fsp3) is 0.267. The Labute approximate surface area is 256 Å². The molecule has 2 atom stereocenters. The molecule has 222 valence electrons. The van der Waals surface area contributed by atoms with Gasteiger partial charge in [0.05, 0.1) is 36.0 Å². The summed E-state index contributed by atoms with van der Waals surface area (Å²) in [5.41, 5.74) is 2.72. The number of nitrogens with one attached hydrogen (secondary N) is 4. The van der Waals surface area contributed by atoms with Crippen molar-refractivity contribution in [2.24, 2.45) is 5.92 Å². The Balaban J connectivity index is 1.35. The van der Waals surface area contributed by atoms with Crippen LogP contribution < -0.4 is 21.5 Å². The summed E-state index contributed by atoms with van der Waals surface area (Å²) in [5.74, 6) is -2.46. The predicted octanol–water partition coefficient (Wildman–Crippen LogP) is 3.24. The van der Waals surface area contributed by atoms with Gasteiger partial charge < -0.3 is 20.9 Å². The van der Waals surface area contributed by atoms with Crippen molar-refractivity contribution in [2.45, 2.75) is 25.4 Å². The lowest BCUT2D eigenvalue weighted by Gasteiger charge is -2.19. The molecule has 0 bridgehead atoms. The highest BCUT2D eigenvalue weighted by Gasteiger charge is 2.43. The minimum atomic E-state index is -1.21. The lowest BCUT2D eigenvalue weighted by atomic mass is 10.00. The van der Waals surface area contributed by atoms with Crippen LogP contribution in [0.15, 0.2) is 53.3 Å². The summed E-state index contributed by atoms with van der Waals surface area (Å²) >= 11 is 13.6. The highest BCUT2D eigenvalue weighted by atomic mass is 35.5. The van der Waals surface area contributed by atoms with Crippen molar-refractivity contribution in [2.75, 3.05) is 26.0 Å². The zero-order valence-corrected chi connectivity index (χ0v) is 24.9. The monoisotopic (exact) mass is 623 g/mol. The number of carbonyl (C=O) groups excluding carboxylic acids is 4. The Morgan fingerprint density at radius 1 is 1.00 bits per heavy atom. The summed E-state index contributed by atoms with van der Waals surface area (Å²) in [4.78, 5) is 65.6. The number of carbonyl (C=O) groups is 4. The van der Waals surface area contributed by atoms with Crippen molar-refractivity contribution < 1.29 is 23.8 Å². The molecule has 0 radical (unpaired) electrons. The molecule has 43 heavy (non-hydrogen) atoms. The smallest absolute Gasteiger partial charge is 0.352 e. The van der Waals surface area contributed by atoms with Gasteiger partial charge in [-0.05, 0) is 18.6 Å². The molecule has 1 unspecified atom stereocenters. The van der Waals surface area contributed by atoms with E-state index in [1.54, 1.807) is 48.5 Å². The maximum atomic E-state index is 13.0. The van der Waals surface area contributed by atoms with Gasteiger partial charge in [-0.2, -0.15) is 9.69 Å². The summed E-state index contributed by atoms with van der Waals surface area (Å²) < 4.78 is 1.18. The first kappa shape index (κ1) is 30.1. The van der Waals surface area contributed by atoms with Gasteiger partial charge in [-0.3, -0.25) is 14.4 Å². The minimum absolute atomic E-state index is 0.0419. The highest BCUT2D eigenvalue weighted by Crippen LogP contribution is 2.41. The van der Waals surface area contributed by atoms with Gasteiger partial charge in [-0.15, -0.1) is 0 Å². The number of aromatic nitrogens is 1.